The minimum absolute atomic E-state index is 0.149. The molecule has 1 unspecified atom stereocenters. The number of nitrogens with one attached hydrogen (secondary N) is 1. The van der Waals surface area contributed by atoms with Gasteiger partial charge in [-0.3, -0.25) is 10.1 Å². The number of hydrogen-bond acceptors (Lipinski definition) is 3. The SMILES string of the molecule is CC(NC(C)(C)C(N)=O)c1ccccc1O. The van der Waals surface area contributed by atoms with Crippen LogP contribution in [0.5, 0.6) is 5.75 Å². The molecule has 0 aliphatic heterocycles. The molecule has 0 aromatic heterocycles. The van der Waals surface area contributed by atoms with E-state index in [2.05, 4.69) is 5.32 Å². The highest BCUT2D eigenvalue weighted by atomic mass is 16.3. The van der Waals surface area contributed by atoms with Gasteiger partial charge in [-0.05, 0) is 26.8 Å². The molecule has 16 heavy (non-hydrogen) atoms. The quantitative estimate of drug-likeness (QED) is 0.719. The van der Waals surface area contributed by atoms with Gasteiger partial charge in [0.2, 0.25) is 5.91 Å². The van der Waals surface area contributed by atoms with Crippen LogP contribution < -0.4 is 11.1 Å². The van der Waals surface area contributed by atoms with Crippen LogP contribution in [0.3, 0.4) is 0 Å². The molecule has 1 aromatic carbocycles. The van der Waals surface area contributed by atoms with Crippen LogP contribution >= 0.6 is 0 Å². The van der Waals surface area contributed by atoms with Crippen LogP contribution in [0.2, 0.25) is 0 Å². The molecule has 0 aliphatic carbocycles. The first-order chi connectivity index (χ1) is 7.34. The lowest BCUT2D eigenvalue weighted by Gasteiger charge is -2.27. The zero-order chi connectivity index (χ0) is 12.3. The van der Waals surface area contributed by atoms with Gasteiger partial charge in [0.25, 0.3) is 0 Å². The highest BCUT2D eigenvalue weighted by molar-refractivity contribution is 5.83. The van der Waals surface area contributed by atoms with Gasteiger partial charge in [0.15, 0.2) is 0 Å². The lowest BCUT2D eigenvalue weighted by molar-refractivity contribution is -0.123. The molecule has 0 heterocycles. The summed E-state index contributed by atoms with van der Waals surface area (Å²) >= 11 is 0. The average Bonchev–Trinajstić information content (AvgIpc) is 2.17. The normalized spacial score (nSPS) is 13.4. The zero-order valence-electron chi connectivity index (χ0n) is 9.82. The van der Waals surface area contributed by atoms with Gasteiger partial charge >= 0.3 is 0 Å². The van der Waals surface area contributed by atoms with E-state index < -0.39 is 11.4 Å². The van der Waals surface area contributed by atoms with E-state index in [1.54, 1.807) is 26.0 Å². The maximum absolute atomic E-state index is 11.2. The molecule has 4 N–H and O–H groups in total. The first-order valence-corrected chi connectivity index (χ1v) is 5.20. The summed E-state index contributed by atoms with van der Waals surface area (Å²) in [7, 11) is 0. The summed E-state index contributed by atoms with van der Waals surface area (Å²) in [5.74, 6) is -0.211. The lowest BCUT2D eigenvalue weighted by Crippen LogP contribution is -2.51. The molecule has 4 heteroatoms. The molecule has 1 rings (SSSR count). The van der Waals surface area contributed by atoms with Crippen molar-refractivity contribution in [3.8, 4) is 5.75 Å². The summed E-state index contributed by atoms with van der Waals surface area (Å²) in [5.41, 5.74) is 5.21. The molecule has 0 aliphatic rings. The van der Waals surface area contributed by atoms with Gasteiger partial charge in [-0.15, -0.1) is 0 Å². The minimum atomic E-state index is -0.804. The number of hydrogen-bond donors (Lipinski definition) is 3. The van der Waals surface area contributed by atoms with E-state index in [0.29, 0.717) is 0 Å². The molecule has 1 amide bonds. The summed E-state index contributed by atoms with van der Waals surface area (Å²) in [5, 5.41) is 12.7. The third-order valence-corrected chi connectivity index (χ3v) is 2.60. The molecule has 0 saturated carbocycles. The molecule has 1 aromatic rings. The van der Waals surface area contributed by atoms with Crippen LogP contribution in [0.15, 0.2) is 24.3 Å². The number of para-hydroxylation sites is 1. The molecule has 4 nitrogen and oxygen atoms in total. The van der Waals surface area contributed by atoms with Gasteiger partial charge in [0, 0.05) is 11.6 Å². The number of benzene rings is 1. The van der Waals surface area contributed by atoms with Gasteiger partial charge in [-0.25, -0.2) is 0 Å². The maximum atomic E-state index is 11.2. The van der Waals surface area contributed by atoms with Gasteiger partial charge in [0.1, 0.15) is 5.75 Å². The number of nitrogens with two attached hydrogens (primary N) is 1. The number of amides is 1. The lowest BCUT2D eigenvalue weighted by atomic mass is 10.00. The van der Waals surface area contributed by atoms with E-state index >= 15 is 0 Å². The molecular weight excluding hydrogens is 204 g/mol. The Kier molecular flexibility index (Phi) is 3.55. The van der Waals surface area contributed by atoms with Crippen molar-refractivity contribution in [2.45, 2.75) is 32.4 Å². The van der Waals surface area contributed by atoms with E-state index in [-0.39, 0.29) is 11.8 Å². The van der Waals surface area contributed by atoms with Crippen molar-refractivity contribution in [3.05, 3.63) is 29.8 Å². The monoisotopic (exact) mass is 222 g/mol. The van der Waals surface area contributed by atoms with Gasteiger partial charge in [-0.2, -0.15) is 0 Å². The van der Waals surface area contributed by atoms with E-state index in [1.165, 1.54) is 0 Å². The third kappa shape index (κ3) is 2.73. The number of carbonyl (C=O) groups is 1. The van der Waals surface area contributed by atoms with Crippen molar-refractivity contribution < 1.29 is 9.90 Å². The van der Waals surface area contributed by atoms with Crippen LogP contribution in [0.25, 0.3) is 0 Å². The smallest absolute Gasteiger partial charge is 0.237 e. The summed E-state index contributed by atoms with van der Waals surface area (Å²) in [4.78, 5) is 11.2. The first-order valence-electron chi connectivity index (χ1n) is 5.20. The van der Waals surface area contributed by atoms with Crippen molar-refractivity contribution in [3.63, 3.8) is 0 Å². The van der Waals surface area contributed by atoms with Crippen LogP contribution in [0, 0.1) is 0 Å². The van der Waals surface area contributed by atoms with Crippen LogP contribution in [0.4, 0.5) is 0 Å². The van der Waals surface area contributed by atoms with Gasteiger partial charge < -0.3 is 10.8 Å². The molecule has 1 atom stereocenters. The van der Waals surface area contributed by atoms with E-state index in [9.17, 15) is 9.90 Å². The summed E-state index contributed by atoms with van der Waals surface area (Å²) in [6.07, 6.45) is 0. The second-order valence-electron chi connectivity index (χ2n) is 4.41. The molecule has 0 bridgehead atoms. The summed E-state index contributed by atoms with van der Waals surface area (Å²) in [6, 6.07) is 6.87. The van der Waals surface area contributed by atoms with Crippen molar-refractivity contribution in [2.24, 2.45) is 5.73 Å². The fourth-order valence-corrected chi connectivity index (χ4v) is 1.54. The van der Waals surface area contributed by atoms with Gasteiger partial charge in [0.05, 0.1) is 5.54 Å². The van der Waals surface area contributed by atoms with Crippen LogP contribution in [-0.4, -0.2) is 16.6 Å². The molecular formula is C12H18N2O2. The fraction of sp³-hybridized carbons (Fsp3) is 0.417. The van der Waals surface area contributed by atoms with Crippen LogP contribution in [-0.2, 0) is 4.79 Å². The summed E-state index contributed by atoms with van der Waals surface area (Å²) in [6.45, 7) is 5.30. The Labute approximate surface area is 95.5 Å². The number of carbonyl (C=O) groups excluding carboxylic acids is 1. The Hall–Kier alpha value is -1.55. The highest BCUT2D eigenvalue weighted by Gasteiger charge is 2.27. The average molecular weight is 222 g/mol. The van der Waals surface area contributed by atoms with Gasteiger partial charge in [-0.1, -0.05) is 18.2 Å². The number of rotatable bonds is 4. The largest absolute Gasteiger partial charge is 0.508 e. The van der Waals surface area contributed by atoms with E-state index in [0.717, 1.165) is 5.56 Å². The van der Waals surface area contributed by atoms with E-state index in [4.69, 9.17) is 5.73 Å². The molecule has 0 spiro atoms. The molecule has 0 fully saturated rings. The van der Waals surface area contributed by atoms with E-state index in [1.807, 2.05) is 19.1 Å². The fourth-order valence-electron chi connectivity index (χ4n) is 1.54. The number of phenolic OH excluding ortho intramolecular Hbond substituents is 1. The third-order valence-electron chi connectivity index (χ3n) is 2.60. The second-order valence-corrected chi connectivity index (χ2v) is 4.41. The van der Waals surface area contributed by atoms with Crippen molar-refractivity contribution in [1.82, 2.24) is 5.32 Å². The number of phenols is 1. The Morgan fingerprint density at radius 1 is 1.44 bits per heavy atom. The number of primary amides is 1. The minimum Gasteiger partial charge on any atom is -0.508 e. The van der Waals surface area contributed by atoms with Crippen molar-refractivity contribution in [1.29, 1.82) is 0 Å². The maximum Gasteiger partial charge on any atom is 0.237 e. The van der Waals surface area contributed by atoms with Crippen molar-refractivity contribution >= 4 is 5.91 Å². The highest BCUT2D eigenvalue weighted by Crippen LogP contribution is 2.24. The zero-order valence-corrected chi connectivity index (χ0v) is 9.82. The van der Waals surface area contributed by atoms with Crippen molar-refractivity contribution in [2.75, 3.05) is 0 Å². The molecule has 0 radical (unpaired) electrons. The standard InChI is InChI=1S/C12H18N2O2/c1-8(14-12(2,3)11(13)16)9-6-4-5-7-10(9)15/h4-8,14-15H,1-3H3,(H2,13,16). The van der Waals surface area contributed by atoms with Crippen LogP contribution in [0.1, 0.15) is 32.4 Å². The molecule has 0 saturated heterocycles. The first kappa shape index (κ1) is 12.5. The predicted octanol–water partition coefficient (Wildman–Crippen LogP) is 1.31. The molecule has 88 valence electrons. The Bertz CT molecular complexity index is 388. The second kappa shape index (κ2) is 4.53. The Balaban J connectivity index is 2.85. The topological polar surface area (TPSA) is 75.3 Å². The number of aromatic hydroxyl groups is 1. The summed E-state index contributed by atoms with van der Waals surface area (Å²) < 4.78 is 0. The predicted molar refractivity (Wildman–Crippen MR) is 62.9 cm³/mol. The Morgan fingerprint density at radius 2 is 2.00 bits per heavy atom. The Morgan fingerprint density at radius 3 is 2.50 bits per heavy atom.